The van der Waals surface area contributed by atoms with Crippen LogP contribution in [0, 0.1) is 5.82 Å². The topological polar surface area (TPSA) is 124 Å². The van der Waals surface area contributed by atoms with Crippen molar-refractivity contribution in [2.24, 2.45) is 0 Å². The van der Waals surface area contributed by atoms with Crippen molar-refractivity contribution >= 4 is 17.8 Å². The van der Waals surface area contributed by atoms with Crippen LogP contribution in [0.5, 0.6) is 0 Å². The molecule has 0 bridgehead atoms. The molecule has 3 rings (SSSR count). The quantitative estimate of drug-likeness (QED) is 0.430. The molecule has 0 aliphatic heterocycles. The zero-order chi connectivity index (χ0) is 23.3. The second kappa shape index (κ2) is 9.84. The summed E-state index contributed by atoms with van der Waals surface area (Å²) in [6, 6.07) is 16.8. The van der Waals surface area contributed by atoms with Crippen molar-refractivity contribution in [3.63, 3.8) is 0 Å². The Hall–Kier alpha value is -4.04. The Bertz CT molecular complexity index is 1150. The Morgan fingerprint density at radius 1 is 0.906 bits per heavy atom. The van der Waals surface area contributed by atoms with Crippen LogP contribution in [0.4, 0.5) is 4.39 Å². The molecular formula is C24H20FNO6. The minimum atomic E-state index is -1.89. The fourth-order valence-electron chi connectivity index (χ4n) is 3.33. The van der Waals surface area contributed by atoms with Crippen molar-refractivity contribution in [3.05, 3.63) is 95.3 Å². The number of carboxylic acids is 2. The molecule has 0 aliphatic carbocycles. The molecule has 0 saturated carbocycles. The Morgan fingerprint density at radius 2 is 1.56 bits per heavy atom. The van der Waals surface area contributed by atoms with Gasteiger partial charge in [-0.1, -0.05) is 48.5 Å². The van der Waals surface area contributed by atoms with Crippen molar-refractivity contribution in [3.8, 4) is 11.1 Å². The summed E-state index contributed by atoms with van der Waals surface area (Å²) in [5.74, 6) is -4.30. The second-order valence-electron chi connectivity index (χ2n) is 7.13. The van der Waals surface area contributed by atoms with Crippen LogP contribution in [0.1, 0.15) is 26.3 Å². The highest BCUT2D eigenvalue weighted by molar-refractivity contribution is 5.99. The summed E-state index contributed by atoms with van der Waals surface area (Å²) < 4.78 is 14.3. The number of benzene rings is 3. The van der Waals surface area contributed by atoms with Gasteiger partial charge in [0, 0.05) is 5.56 Å². The maximum atomic E-state index is 14.3. The number of carboxylic acid groups (broad SMARTS) is 2. The van der Waals surface area contributed by atoms with E-state index in [0.29, 0.717) is 5.56 Å². The van der Waals surface area contributed by atoms with Gasteiger partial charge in [-0.05, 0) is 47.4 Å². The van der Waals surface area contributed by atoms with Gasteiger partial charge < -0.3 is 20.6 Å². The Morgan fingerprint density at radius 3 is 2.22 bits per heavy atom. The largest absolute Gasteiger partial charge is 0.479 e. The van der Waals surface area contributed by atoms with Gasteiger partial charge in [-0.15, -0.1) is 0 Å². The number of rotatable bonds is 8. The predicted octanol–water partition coefficient (Wildman–Crippen LogP) is 2.98. The third-order valence-corrected chi connectivity index (χ3v) is 4.88. The van der Waals surface area contributed by atoms with Gasteiger partial charge in [-0.2, -0.15) is 0 Å². The highest BCUT2D eigenvalue weighted by atomic mass is 19.1. The van der Waals surface area contributed by atoms with Gasteiger partial charge in [-0.3, -0.25) is 4.79 Å². The molecule has 0 spiro atoms. The fraction of sp³-hybridized carbons (Fsp3) is 0.125. The van der Waals surface area contributed by atoms with E-state index in [1.54, 1.807) is 36.4 Å². The zero-order valence-electron chi connectivity index (χ0n) is 16.7. The van der Waals surface area contributed by atoms with Crippen LogP contribution < -0.4 is 5.32 Å². The number of aromatic carboxylic acids is 1. The summed E-state index contributed by atoms with van der Waals surface area (Å²) in [6.45, 7) is 0. The van der Waals surface area contributed by atoms with Crippen LogP contribution in [-0.4, -0.2) is 45.3 Å². The summed E-state index contributed by atoms with van der Waals surface area (Å²) in [6.07, 6.45) is -1.86. The molecule has 2 atom stereocenters. The monoisotopic (exact) mass is 437 g/mol. The number of aliphatic carboxylic acids is 1. The van der Waals surface area contributed by atoms with E-state index in [2.05, 4.69) is 5.32 Å². The van der Waals surface area contributed by atoms with Gasteiger partial charge in [0.05, 0.1) is 11.6 Å². The molecule has 0 radical (unpaired) electrons. The number of aliphatic hydroxyl groups is 1. The molecule has 4 N–H and O–H groups in total. The average molecular weight is 437 g/mol. The molecule has 0 unspecified atom stereocenters. The van der Waals surface area contributed by atoms with E-state index in [0.717, 1.165) is 12.1 Å². The van der Waals surface area contributed by atoms with Gasteiger partial charge in [0.25, 0.3) is 5.91 Å². The lowest BCUT2D eigenvalue weighted by Crippen LogP contribution is -2.48. The van der Waals surface area contributed by atoms with Gasteiger partial charge in [0.1, 0.15) is 5.82 Å². The fourth-order valence-corrected chi connectivity index (χ4v) is 3.33. The van der Waals surface area contributed by atoms with Crippen LogP contribution in [0.25, 0.3) is 11.1 Å². The minimum absolute atomic E-state index is 0.0318. The Kier molecular flexibility index (Phi) is 6.97. The third-order valence-electron chi connectivity index (χ3n) is 4.88. The van der Waals surface area contributed by atoms with Crippen LogP contribution in [0.15, 0.2) is 72.8 Å². The Labute approximate surface area is 182 Å². The predicted molar refractivity (Wildman–Crippen MR) is 114 cm³/mol. The number of hydrogen-bond donors (Lipinski definition) is 4. The van der Waals surface area contributed by atoms with Gasteiger partial charge >= 0.3 is 11.9 Å². The highest BCUT2D eigenvalue weighted by Gasteiger charge is 2.28. The lowest BCUT2D eigenvalue weighted by atomic mass is 9.97. The smallest absolute Gasteiger partial charge is 0.336 e. The van der Waals surface area contributed by atoms with E-state index in [9.17, 15) is 34.1 Å². The molecule has 164 valence electrons. The number of halogens is 1. The SMILES string of the molecule is O=C(N[C@H](Cc1ccccc1)[C@@H](O)C(=O)O)c1cc(F)cc(-c2ccccc2C(=O)O)c1. The molecule has 8 heteroatoms. The van der Waals surface area contributed by atoms with Crippen molar-refractivity contribution in [2.75, 3.05) is 0 Å². The van der Waals surface area contributed by atoms with E-state index >= 15 is 0 Å². The molecule has 3 aromatic rings. The molecule has 0 aliphatic rings. The number of carbonyl (C=O) groups excluding carboxylic acids is 1. The molecule has 7 nitrogen and oxygen atoms in total. The normalized spacial score (nSPS) is 12.6. The zero-order valence-corrected chi connectivity index (χ0v) is 16.7. The molecule has 3 aromatic carbocycles. The van der Waals surface area contributed by atoms with Gasteiger partial charge in [0.15, 0.2) is 6.10 Å². The van der Waals surface area contributed by atoms with Crippen molar-refractivity contribution < 1.29 is 34.1 Å². The summed E-state index contributed by atoms with van der Waals surface area (Å²) in [5, 5.41) is 31.1. The van der Waals surface area contributed by atoms with Crippen LogP contribution in [0.2, 0.25) is 0 Å². The molecular weight excluding hydrogens is 417 g/mol. The maximum Gasteiger partial charge on any atom is 0.336 e. The van der Waals surface area contributed by atoms with E-state index < -0.39 is 35.8 Å². The summed E-state index contributed by atoms with van der Waals surface area (Å²) >= 11 is 0. The number of amides is 1. The summed E-state index contributed by atoms with van der Waals surface area (Å²) in [4.78, 5) is 35.7. The molecule has 1 amide bonds. The van der Waals surface area contributed by atoms with Crippen molar-refractivity contribution in [1.82, 2.24) is 5.32 Å². The summed E-state index contributed by atoms with van der Waals surface area (Å²) in [7, 11) is 0. The van der Waals surface area contributed by atoms with Gasteiger partial charge in [-0.25, -0.2) is 14.0 Å². The molecule has 0 heterocycles. The van der Waals surface area contributed by atoms with E-state index in [1.807, 2.05) is 0 Å². The van der Waals surface area contributed by atoms with E-state index in [-0.39, 0.29) is 28.7 Å². The molecule has 0 fully saturated rings. The number of carbonyl (C=O) groups is 3. The molecule has 0 aromatic heterocycles. The molecule has 32 heavy (non-hydrogen) atoms. The minimum Gasteiger partial charge on any atom is -0.479 e. The first kappa shape index (κ1) is 22.6. The maximum absolute atomic E-state index is 14.3. The number of hydrogen-bond acceptors (Lipinski definition) is 4. The first-order valence-corrected chi connectivity index (χ1v) is 9.65. The lowest BCUT2D eigenvalue weighted by molar-refractivity contribution is -0.148. The first-order chi connectivity index (χ1) is 15.3. The van der Waals surface area contributed by atoms with Gasteiger partial charge in [0.2, 0.25) is 0 Å². The van der Waals surface area contributed by atoms with E-state index in [1.165, 1.54) is 24.3 Å². The van der Waals surface area contributed by atoms with Crippen molar-refractivity contribution in [2.45, 2.75) is 18.6 Å². The Balaban J connectivity index is 1.92. The van der Waals surface area contributed by atoms with Crippen LogP contribution in [0.3, 0.4) is 0 Å². The second-order valence-corrected chi connectivity index (χ2v) is 7.13. The third kappa shape index (κ3) is 5.35. The van der Waals surface area contributed by atoms with Crippen molar-refractivity contribution in [1.29, 1.82) is 0 Å². The number of aliphatic hydroxyl groups excluding tert-OH is 1. The number of nitrogens with one attached hydrogen (secondary N) is 1. The molecule has 0 saturated heterocycles. The first-order valence-electron chi connectivity index (χ1n) is 9.65. The van der Waals surface area contributed by atoms with Crippen LogP contribution >= 0.6 is 0 Å². The van der Waals surface area contributed by atoms with Crippen LogP contribution in [-0.2, 0) is 11.2 Å². The standard InChI is InChI=1S/C24H20FNO6/c25-17-12-15(18-8-4-5-9-19(18)23(29)30)11-16(13-17)22(28)26-20(21(27)24(31)32)10-14-6-2-1-3-7-14/h1-9,11-13,20-21,27H,10H2,(H,26,28)(H,29,30)(H,31,32)/t20-,21-/m1/s1. The lowest BCUT2D eigenvalue weighted by Gasteiger charge is -2.22. The highest BCUT2D eigenvalue weighted by Crippen LogP contribution is 2.26. The van der Waals surface area contributed by atoms with E-state index in [4.69, 9.17) is 0 Å². The summed E-state index contributed by atoms with van der Waals surface area (Å²) in [5.41, 5.74) is 0.878. The average Bonchev–Trinajstić information content (AvgIpc) is 2.78.